The van der Waals surface area contributed by atoms with Gasteiger partial charge in [-0.1, -0.05) is 25.3 Å². The van der Waals surface area contributed by atoms with Gasteiger partial charge in [0.05, 0.1) is 6.04 Å². The SMILES string of the molecule is C=CCNC(=O)C1CCCCCCN1. The molecule has 1 rings (SSSR count). The van der Waals surface area contributed by atoms with Gasteiger partial charge in [0.1, 0.15) is 0 Å². The second kappa shape index (κ2) is 6.60. The Morgan fingerprint density at radius 3 is 3.00 bits per heavy atom. The van der Waals surface area contributed by atoms with Gasteiger partial charge in [-0.15, -0.1) is 6.58 Å². The van der Waals surface area contributed by atoms with Crippen LogP contribution in [0.4, 0.5) is 0 Å². The van der Waals surface area contributed by atoms with Crippen molar-refractivity contribution >= 4 is 5.91 Å². The molecule has 14 heavy (non-hydrogen) atoms. The lowest BCUT2D eigenvalue weighted by molar-refractivity contribution is -0.123. The zero-order chi connectivity index (χ0) is 10.2. The van der Waals surface area contributed by atoms with Crippen molar-refractivity contribution in [3.8, 4) is 0 Å². The summed E-state index contributed by atoms with van der Waals surface area (Å²) in [4.78, 5) is 11.6. The van der Waals surface area contributed by atoms with Crippen molar-refractivity contribution in [2.75, 3.05) is 13.1 Å². The molecule has 1 aliphatic heterocycles. The van der Waals surface area contributed by atoms with Crippen LogP contribution >= 0.6 is 0 Å². The van der Waals surface area contributed by atoms with Crippen LogP contribution in [0, 0.1) is 0 Å². The van der Waals surface area contributed by atoms with E-state index >= 15 is 0 Å². The Labute approximate surface area is 86.0 Å². The molecule has 1 heterocycles. The van der Waals surface area contributed by atoms with Crippen molar-refractivity contribution in [1.29, 1.82) is 0 Å². The third-order valence-electron chi connectivity index (χ3n) is 2.55. The largest absolute Gasteiger partial charge is 0.351 e. The third kappa shape index (κ3) is 3.92. The Bertz CT molecular complexity index is 184. The lowest BCUT2D eigenvalue weighted by Gasteiger charge is -2.20. The summed E-state index contributed by atoms with van der Waals surface area (Å²) in [6.07, 6.45) is 7.55. The van der Waals surface area contributed by atoms with Crippen molar-refractivity contribution in [3.05, 3.63) is 12.7 Å². The summed E-state index contributed by atoms with van der Waals surface area (Å²) in [6, 6.07) is 0.00949. The molecule has 1 fully saturated rings. The first-order valence-corrected chi connectivity index (χ1v) is 5.46. The Balaban J connectivity index is 2.31. The first kappa shape index (κ1) is 11.2. The van der Waals surface area contributed by atoms with E-state index in [2.05, 4.69) is 17.2 Å². The van der Waals surface area contributed by atoms with E-state index in [1.165, 1.54) is 19.3 Å². The molecule has 0 aliphatic carbocycles. The standard InChI is InChI=1S/C11H20N2O/c1-2-8-13-11(14)10-7-5-3-4-6-9-12-10/h2,10,12H,1,3-9H2,(H,13,14). The molecule has 1 amide bonds. The second-order valence-corrected chi connectivity index (χ2v) is 3.74. The Kier molecular flexibility index (Phi) is 5.30. The molecule has 0 radical (unpaired) electrons. The molecule has 1 atom stereocenters. The highest BCUT2D eigenvalue weighted by Crippen LogP contribution is 2.09. The summed E-state index contributed by atoms with van der Waals surface area (Å²) in [5.74, 6) is 0.117. The van der Waals surface area contributed by atoms with Crippen molar-refractivity contribution in [1.82, 2.24) is 10.6 Å². The zero-order valence-corrected chi connectivity index (χ0v) is 8.72. The molecule has 3 heteroatoms. The summed E-state index contributed by atoms with van der Waals surface area (Å²) in [6.45, 7) is 5.11. The summed E-state index contributed by atoms with van der Waals surface area (Å²) >= 11 is 0. The molecule has 3 nitrogen and oxygen atoms in total. The van der Waals surface area contributed by atoms with Crippen LogP contribution in [0.15, 0.2) is 12.7 Å². The van der Waals surface area contributed by atoms with Gasteiger partial charge >= 0.3 is 0 Å². The second-order valence-electron chi connectivity index (χ2n) is 3.74. The number of rotatable bonds is 3. The predicted octanol–water partition coefficient (Wildman–Crippen LogP) is 1.21. The van der Waals surface area contributed by atoms with E-state index in [9.17, 15) is 4.79 Å². The number of hydrogen-bond donors (Lipinski definition) is 2. The van der Waals surface area contributed by atoms with Crippen molar-refractivity contribution in [3.63, 3.8) is 0 Å². The number of hydrogen-bond acceptors (Lipinski definition) is 2. The number of carbonyl (C=O) groups excluding carboxylic acids is 1. The van der Waals surface area contributed by atoms with E-state index in [1.54, 1.807) is 6.08 Å². The van der Waals surface area contributed by atoms with E-state index in [1.807, 2.05) is 0 Å². The van der Waals surface area contributed by atoms with Gasteiger partial charge < -0.3 is 10.6 Å². The molecule has 1 unspecified atom stereocenters. The monoisotopic (exact) mass is 196 g/mol. The van der Waals surface area contributed by atoms with E-state index < -0.39 is 0 Å². The zero-order valence-electron chi connectivity index (χ0n) is 8.72. The molecular weight excluding hydrogens is 176 g/mol. The highest BCUT2D eigenvalue weighted by atomic mass is 16.2. The van der Waals surface area contributed by atoms with Gasteiger partial charge in [0.25, 0.3) is 0 Å². The number of carbonyl (C=O) groups is 1. The number of nitrogens with one attached hydrogen (secondary N) is 2. The van der Waals surface area contributed by atoms with E-state index in [-0.39, 0.29) is 11.9 Å². The molecule has 0 saturated carbocycles. The van der Waals surface area contributed by atoms with E-state index in [0.29, 0.717) is 6.54 Å². The lowest BCUT2D eigenvalue weighted by Crippen LogP contribution is -2.45. The minimum absolute atomic E-state index is 0.00949. The Morgan fingerprint density at radius 1 is 1.43 bits per heavy atom. The van der Waals surface area contributed by atoms with Gasteiger partial charge in [0, 0.05) is 6.54 Å². The fourth-order valence-electron chi connectivity index (χ4n) is 1.73. The minimum atomic E-state index is 0.00949. The minimum Gasteiger partial charge on any atom is -0.351 e. The maximum atomic E-state index is 11.6. The van der Waals surface area contributed by atoms with Gasteiger partial charge in [0.2, 0.25) is 5.91 Å². The maximum absolute atomic E-state index is 11.6. The lowest BCUT2D eigenvalue weighted by atomic mass is 10.0. The molecule has 80 valence electrons. The average molecular weight is 196 g/mol. The van der Waals surface area contributed by atoms with Crippen molar-refractivity contribution in [2.45, 2.75) is 38.1 Å². The molecule has 0 spiro atoms. The Hall–Kier alpha value is -0.830. The predicted molar refractivity (Wildman–Crippen MR) is 58.1 cm³/mol. The molecular formula is C11H20N2O. The van der Waals surface area contributed by atoms with Gasteiger partial charge in [-0.2, -0.15) is 0 Å². The van der Waals surface area contributed by atoms with Gasteiger partial charge in [-0.3, -0.25) is 4.79 Å². The quantitative estimate of drug-likeness (QED) is 0.666. The first-order valence-electron chi connectivity index (χ1n) is 5.46. The average Bonchev–Trinajstić information content (AvgIpc) is 2.13. The molecule has 0 aromatic rings. The molecule has 0 bridgehead atoms. The molecule has 0 aromatic carbocycles. The van der Waals surface area contributed by atoms with Crippen LogP contribution in [0.5, 0.6) is 0 Å². The number of amides is 1. The van der Waals surface area contributed by atoms with Crippen LogP contribution in [0.2, 0.25) is 0 Å². The summed E-state index contributed by atoms with van der Waals surface area (Å²) < 4.78 is 0. The van der Waals surface area contributed by atoms with Crippen LogP contribution in [-0.2, 0) is 4.79 Å². The molecule has 1 saturated heterocycles. The highest BCUT2D eigenvalue weighted by molar-refractivity contribution is 5.81. The van der Waals surface area contributed by atoms with E-state index in [0.717, 1.165) is 19.4 Å². The van der Waals surface area contributed by atoms with Gasteiger partial charge in [-0.25, -0.2) is 0 Å². The molecule has 2 N–H and O–H groups in total. The van der Waals surface area contributed by atoms with Crippen molar-refractivity contribution < 1.29 is 4.79 Å². The van der Waals surface area contributed by atoms with Crippen LogP contribution in [0.3, 0.4) is 0 Å². The van der Waals surface area contributed by atoms with Crippen LogP contribution in [0.1, 0.15) is 32.1 Å². The van der Waals surface area contributed by atoms with Crippen molar-refractivity contribution in [2.24, 2.45) is 0 Å². The summed E-state index contributed by atoms with van der Waals surface area (Å²) in [5, 5.41) is 6.11. The molecule has 0 aromatic heterocycles. The van der Waals surface area contributed by atoms with Crippen LogP contribution < -0.4 is 10.6 Å². The summed E-state index contributed by atoms with van der Waals surface area (Å²) in [5.41, 5.74) is 0. The van der Waals surface area contributed by atoms with Gasteiger partial charge in [0.15, 0.2) is 0 Å². The van der Waals surface area contributed by atoms with Crippen LogP contribution in [0.25, 0.3) is 0 Å². The molecule has 1 aliphatic rings. The smallest absolute Gasteiger partial charge is 0.237 e. The fourth-order valence-corrected chi connectivity index (χ4v) is 1.73. The normalized spacial score (nSPS) is 23.3. The van der Waals surface area contributed by atoms with Gasteiger partial charge in [-0.05, 0) is 19.4 Å². The summed E-state index contributed by atoms with van der Waals surface area (Å²) in [7, 11) is 0. The van der Waals surface area contributed by atoms with Crippen LogP contribution in [-0.4, -0.2) is 25.0 Å². The first-order chi connectivity index (χ1) is 6.84. The Morgan fingerprint density at radius 2 is 2.21 bits per heavy atom. The highest BCUT2D eigenvalue weighted by Gasteiger charge is 2.17. The topological polar surface area (TPSA) is 41.1 Å². The maximum Gasteiger partial charge on any atom is 0.237 e. The third-order valence-corrected chi connectivity index (χ3v) is 2.55. The van der Waals surface area contributed by atoms with E-state index in [4.69, 9.17) is 0 Å². The fraction of sp³-hybridized carbons (Fsp3) is 0.727.